The van der Waals surface area contributed by atoms with Gasteiger partial charge >= 0.3 is 0 Å². The highest BCUT2D eigenvalue weighted by molar-refractivity contribution is 5.43. The fourth-order valence-electron chi connectivity index (χ4n) is 1.47. The maximum Gasteiger partial charge on any atom is 0.182 e. The number of hydrogen-bond donors (Lipinski definition) is 4. The topological polar surface area (TPSA) is 78.5 Å². The number of anilines is 1. The molecule has 0 spiro atoms. The fourth-order valence-corrected chi connectivity index (χ4v) is 1.47. The summed E-state index contributed by atoms with van der Waals surface area (Å²) in [7, 11) is 1.68. The zero-order chi connectivity index (χ0) is 13.0. The van der Waals surface area contributed by atoms with Crippen LogP contribution in [0.1, 0.15) is 18.1 Å². The number of benzene rings is 1. The van der Waals surface area contributed by atoms with Crippen LogP contribution in [0, 0.1) is 11.6 Å². The second kappa shape index (κ2) is 5.90. The van der Waals surface area contributed by atoms with Crippen molar-refractivity contribution < 1.29 is 19.0 Å². The lowest BCUT2D eigenvalue weighted by Gasteiger charge is -2.19. The smallest absolute Gasteiger partial charge is 0.182 e. The largest absolute Gasteiger partial charge is 0.396 e. The molecule has 17 heavy (non-hydrogen) atoms. The van der Waals surface area contributed by atoms with Crippen molar-refractivity contribution in [3.8, 4) is 0 Å². The van der Waals surface area contributed by atoms with E-state index in [0.717, 1.165) is 6.07 Å². The average Bonchev–Trinajstić information content (AvgIpc) is 2.32. The van der Waals surface area contributed by atoms with Crippen molar-refractivity contribution in [1.82, 2.24) is 5.32 Å². The molecule has 0 bridgehead atoms. The van der Waals surface area contributed by atoms with Crippen LogP contribution in [0.15, 0.2) is 12.1 Å². The third-order valence-corrected chi connectivity index (χ3v) is 2.52. The highest BCUT2D eigenvalue weighted by atomic mass is 19.2. The minimum absolute atomic E-state index is 0.225. The molecule has 0 aliphatic rings. The van der Waals surface area contributed by atoms with Gasteiger partial charge in [-0.1, -0.05) is 6.07 Å². The molecule has 0 aliphatic carbocycles. The summed E-state index contributed by atoms with van der Waals surface area (Å²) in [5, 5.41) is 22.0. The summed E-state index contributed by atoms with van der Waals surface area (Å²) < 4.78 is 26.6. The first kappa shape index (κ1) is 13.8. The summed E-state index contributed by atoms with van der Waals surface area (Å²) in [6.07, 6.45) is -2.42. The van der Waals surface area contributed by atoms with Gasteiger partial charge in [-0.2, -0.15) is 0 Å². The van der Waals surface area contributed by atoms with Gasteiger partial charge in [-0.3, -0.25) is 0 Å². The SMILES string of the molecule is CNCCC(O)C(O)c1ccc(N)c(F)c1F. The summed E-state index contributed by atoms with van der Waals surface area (Å²) in [6, 6.07) is 2.32. The molecule has 0 saturated carbocycles. The Hall–Kier alpha value is -1.24. The molecule has 2 atom stereocenters. The average molecular weight is 246 g/mol. The second-order valence-corrected chi connectivity index (χ2v) is 3.78. The van der Waals surface area contributed by atoms with Crippen LogP contribution in [0.2, 0.25) is 0 Å². The van der Waals surface area contributed by atoms with Crippen molar-refractivity contribution in [3.63, 3.8) is 0 Å². The van der Waals surface area contributed by atoms with Crippen LogP contribution in [0.4, 0.5) is 14.5 Å². The Morgan fingerprint density at radius 3 is 2.53 bits per heavy atom. The van der Waals surface area contributed by atoms with Gasteiger partial charge in [0.05, 0.1) is 11.8 Å². The van der Waals surface area contributed by atoms with Gasteiger partial charge in [0.25, 0.3) is 0 Å². The molecule has 0 aromatic heterocycles. The van der Waals surface area contributed by atoms with Gasteiger partial charge in [0.1, 0.15) is 6.10 Å². The first-order chi connectivity index (χ1) is 7.99. The van der Waals surface area contributed by atoms with Crippen LogP contribution in [0.25, 0.3) is 0 Å². The molecular weight excluding hydrogens is 230 g/mol. The summed E-state index contributed by atoms with van der Waals surface area (Å²) in [6.45, 7) is 0.456. The maximum absolute atomic E-state index is 13.5. The van der Waals surface area contributed by atoms with E-state index >= 15 is 0 Å². The molecule has 4 nitrogen and oxygen atoms in total. The fraction of sp³-hybridized carbons (Fsp3) is 0.455. The first-order valence-electron chi connectivity index (χ1n) is 5.23. The third-order valence-electron chi connectivity index (χ3n) is 2.52. The van der Waals surface area contributed by atoms with Crippen molar-refractivity contribution in [2.24, 2.45) is 0 Å². The highest BCUT2D eigenvalue weighted by Crippen LogP contribution is 2.26. The van der Waals surface area contributed by atoms with Crippen LogP contribution in [0.5, 0.6) is 0 Å². The van der Waals surface area contributed by atoms with Gasteiger partial charge in [0.15, 0.2) is 11.6 Å². The number of nitrogens with two attached hydrogens (primary N) is 1. The van der Waals surface area contributed by atoms with E-state index < -0.39 is 23.8 Å². The molecule has 0 heterocycles. The van der Waals surface area contributed by atoms with Crippen LogP contribution in [0.3, 0.4) is 0 Å². The van der Waals surface area contributed by atoms with Gasteiger partial charge in [0.2, 0.25) is 0 Å². The van der Waals surface area contributed by atoms with E-state index in [1.165, 1.54) is 6.07 Å². The number of rotatable bonds is 5. The Labute approximate surface area is 98.1 Å². The number of halogens is 2. The van der Waals surface area contributed by atoms with Gasteiger partial charge in [0, 0.05) is 5.56 Å². The monoisotopic (exact) mass is 246 g/mol. The normalized spacial score (nSPS) is 14.6. The summed E-state index contributed by atoms with van der Waals surface area (Å²) >= 11 is 0. The van der Waals surface area contributed by atoms with Gasteiger partial charge in [-0.15, -0.1) is 0 Å². The van der Waals surface area contributed by atoms with E-state index in [0.29, 0.717) is 6.54 Å². The van der Waals surface area contributed by atoms with Gasteiger partial charge < -0.3 is 21.3 Å². The molecule has 6 heteroatoms. The molecule has 2 unspecified atom stereocenters. The predicted molar refractivity (Wildman–Crippen MR) is 60.3 cm³/mol. The number of aliphatic hydroxyl groups is 2. The minimum atomic E-state index is -1.47. The van der Waals surface area contributed by atoms with Gasteiger partial charge in [-0.25, -0.2) is 8.78 Å². The van der Waals surface area contributed by atoms with Crippen molar-refractivity contribution >= 4 is 5.69 Å². The van der Waals surface area contributed by atoms with E-state index in [2.05, 4.69) is 5.32 Å². The van der Waals surface area contributed by atoms with Crippen LogP contribution >= 0.6 is 0 Å². The summed E-state index contributed by atoms with van der Waals surface area (Å²) in [5.41, 5.74) is 4.56. The number of nitrogen functional groups attached to an aromatic ring is 1. The molecule has 5 N–H and O–H groups in total. The molecule has 0 saturated heterocycles. The van der Waals surface area contributed by atoms with E-state index in [1.54, 1.807) is 7.05 Å². The van der Waals surface area contributed by atoms with Crippen molar-refractivity contribution in [3.05, 3.63) is 29.3 Å². The van der Waals surface area contributed by atoms with E-state index in [-0.39, 0.29) is 17.7 Å². The second-order valence-electron chi connectivity index (χ2n) is 3.78. The molecule has 1 rings (SSSR count). The number of aliphatic hydroxyl groups excluding tert-OH is 2. The van der Waals surface area contributed by atoms with Crippen molar-refractivity contribution in [1.29, 1.82) is 0 Å². The number of hydrogen-bond acceptors (Lipinski definition) is 4. The van der Waals surface area contributed by atoms with Crippen LogP contribution in [-0.2, 0) is 0 Å². The summed E-state index contributed by atoms with van der Waals surface area (Å²) in [5.74, 6) is -2.43. The zero-order valence-electron chi connectivity index (χ0n) is 9.45. The third kappa shape index (κ3) is 3.12. The molecule has 0 amide bonds. The Bertz CT molecular complexity index is 388. The lowest BCUT2D eigenvalue weighted by atomic mass is 10.0. The molecule has 96 valence electrons. The van der Waals surface area contributed by atoms with Crippen molar-refractivity contribution in [2.45, 2.75) is 18.6 Å². The first-order valence-corrected chi connectivity index (χ1v) is 5.23. The standard InChI is InChI=1S/C11H16F2N2O2/c1-15-5-4-8(16)11(17)6-2-3-7(14)10(13)9(6)12/h2-3,8,11,15-17H,4-5,14H2,1H3. The molecular formula is C11H16F2N2O2. The minimum Gasteiger partial charge on any atom is -0.396 e. The lowest BCUT2D eigenvalue weighted by Crippen LogP contribution is -2.24. The van der Waals surface area contributed by atoms with Crippen LogP contribution < -0.4 is 11.1 Å². The lowest BCUT2D eigenvalue weighted by molar-refractivity contribution is 0.0117. The Balaban J connectivity index is 2.89. The highest BCUT2D eigenvalue weighted by Gasteiger charge is 2.23. The quantitative estimate of drug-likeness (QED) is 0.572. The van der Waals surface area contributed by atoms with Gasteiger partial charge in [-0.05, 0) is 26.1 Å². The Morgan fingerprint density at radius 1 is 1.29 bits per heavy atom. The van der Waals surface area contributed by atoms with E-state index in [4.69, 9.17) is 5.73 Å². The maximum atomic E-state index is 13.5. The van der Waals surface area contributed by atoms with Crippen molar-refractivity contribution in [2.75, 3.05) is 19.3 Å². The summed E-state index contributed by atoms with van der Waals surface area (Å²) in [4.78, 5) is 0. The van der Waals surface area contributed by atoms with E-state index in [1.807, 2.05) is 0 Å². The molecule has 0 radical (unpaired) electrons. The van der Waals surface area contributed by atoms with E-state index in [9.17, 15) is 19.0 Å². The molecule has 0 aliphatic heterocycles. The molecule has 0 fully saturated rings. The predicted octanol–water partition coefficient (Wildman–Crippen LogP) is 0.551. The molecule has 1 aromatic rings. The molecule has 1 aromatic carbocycles. The number of nitrogens with one attached hydrogen (secondary N) is 1. The Kier molecular flexibility index (Phi) is 4.80. The Morgan fingerprint density at radius 2 is 1.94 bits per heavy atom. The zero-order valence-corrected chi connectivity index (χ0v) is 9.45. The van der Waals surface area contributed by atoms with Crippen LogP contribution in [-0.4, -0.2) is 29.9 Å².